The Morgan fingerprint density at radius 3 is 2.49 bits per heavy atom. The second-order valence-electron chi connectivity index (χ2n) is 7.69. The highest BCUT2D eigenvalue weighted by Gasteiger charge is 2.11. The van der Waals surface area contributed by atoms with Crippen molar-refractivity contribution < 1.29 is 14.3 Å². The van der Waals surface area contributed by atoms with Gasteiger partial charge in [0.15, 0.2) is 0 Å². The van der Waals surface area contributed by atoms with Gasteiger partial charge in [-0.25, -0.2) is 4.98 Å². The van der Waals surface area contributed by atoms with Gasteiger partial charge in [0.2, 0.25) is 11.8 Å². The molecule has 5 rings (SSSR count). The Kier molecular flexibility index (Phi) is 6.21. The van der Waals surface area contributed by atoms with Gasteiger partial charge < -0.3 is 20.1 Å². The smallest absolute Gasteiger partial charge is 0.256 e. The highest BCUT2D eigenvalue weighted by molar-refractivity contribution is 6.13. The van der Waals surface area contributed by atoms with E-state index in [0.717, 1.165) is 27.9 Å². The predicted molar refractivity (Wildman–Crippen MR) is 137 cm³/mol. The summed E-state index contributed by atoms with van der Waals surface area (Å²) in [4.78, 5) is 21.6. The Bertz CT molecular complexity index is 1490. The van der Waals surface area contributed by atoms with E-state index in [0.29, 0.717) is 23.1 Å². The Morgan fingerprint density at radius 2 is 1.63 bits per heavy atom. The van der Waals surface area contributed by atoms with Crippen LogP contribution in [-0.2, 0) is 0 Å². The molecule has 0 radical (unpaired) electrons. The number of nitrogens with zero attached hydrogens (tertiary/aromatic N) is 2. The molecule has 0 unspecified atom stereocenters. The zero-order valence-corrected chi connectivity index (χ0v) is 18.9. The van der Waals surface area contributed by atoms with Crippen molar-refractivity contribution in [1.82, 2.24) is 9.97 Å². The number of benzene rings is 4. The van der Waals surface area contributed by atoms with Gasteiger partial charge in [0, 0.05) is 35.3 Å². The fourth-order valence-corrected chi connectivity index (χ4v) is 3.65. The number of carbonyl (C=O) groups is 1. The highest BCUT2D eigenvalue weighted by atomic mass is 16.5. The van der Waals surface area contributed by atoms with E-state index in [2.05, 4.69) is 20.6 Å². The maximum Gasteiger partial charge on any atom is 0.256 e. The maximum absolute atomic E-state index is 12.9. The third-order valence-corrected chi connectivity index (χ3v) is 5.31. The van der Waals surface area contributed by atoms with Gasteiger partial charge in [-0.2, -0.15) is 4.98 Å². The lowest BCUT2D eigenvalue weighted by Crippen LogP contribution is -2.12. The third-order valence-electron chi connectivity index (χ3n) is 5.31. The second-order valence-corrected chi connectivity index (χ2v) is 7.69. The average Bonchev–Trinajstić information content (AvgIpc) is 2.89. The quantitative estimate of drug-likeness (QED) is 0.290. The van der Waals surface area contributed by atoms with Crippen LogP contribution in [0.4, 0.5) is 17.3 Å². The number of para-hydroxylation sites is 1. The lowest BCUT2D eigenvalue weighted by atomic mass is 10.0. The van der Waals surface area contributed by atoms with Crippen molar-refractivity contribution in [2.45, 2.75) is 0 Å². The Morgan fingerprint density at radius 1 is 0.800 bits per heavy atom. The summed E-state index contributed by atoms with van der Waals surface area (Å²) >= 11 is 0. The van der Waals surface area contributed by atoms with Crippen LogP contribution in [0.2, 0.25) is 0 Å². The zero-order chi connectivity index (χ0) is 24.0. The van der Waals surface area contributed by atoms with Crippen LogP contribution in [0.15, 0.2) is 103 Å². The van der Waals surface area contributed by atoms with Gasteiger partial charge in [0.05, 0.1) is 7.11 Å². The molecule has 0 atom stereocenters. The van der Waals surface area contributed by atoms with Crippen molar-refractivity contribution in [3.05, 3.63) is 109 Å². The van der Waals surface area contributed by atoms with Gasteiger partial charge in [-0.15, -0.1) is 0 Å². The molecular formula is C28H22N4O3. The molecule has 0 aliphatic heterocycles. The topological polar surface area (TPSA) is 85.4 Å². The number of methoxy groups -OCH3 is 1. The summed E-state index contributed by atoms with van der Waals surface area (Å²) in [5.41, 5.74) is 2.13. The lowest BCUT2D eigenvalue weighted by molar-refractivity contribution is 0.102. The molecule has 0 aliphatic rings. The van der Waals surface area contributed by atoms with Crippen LogP contribution >= 0.6 is 0 Å². The molecule has 0 bridgehead atoms. The first kappa shape index (κ1) is 21.9. The van der Waals surface area contributed by atoms with Crippen molar-refractivity contribution in [2.24, 2.45) is 0 Å². The van der Waals surface area contributed by atoms with E-state index in [1.807, 2.05) is 91.0 Å². The van der Waals surface area contributed by atoms with E-state index in [4.69, 9.17) is 9.47 Å². The van der Waals surface area contributed by atoms with Gasteiger partial charge in [0.25, 0.3) is 5.91 Å². The number of nitrogens with one attached hydrogen (secondary N) is 2. The third kappa shape index (κ3) is 5.20. The van der Waals surface area contributed by atoms with Gasteiger partial charge in [-0.05, 0) is 59.3 Å². The molecule has 0 fully saturated rings. The number of aromatic nitrogens is 2. The van der Waals surface area contributed by atoms with Gasteiger partial charge in [-0.1, -0.05) is 36.4 Å². The van der Waals surface area contributed by atoms with Crippen LogP contribution in [0.3, 0.4) is 0 Å². The Labute approximate surface area is 202 Å². The van der Waals surface area contributed by atoms with Gasteiger partial charge >= 0.3 is 0 Å². The second kappa shape index (κ2) is 9.93. The molecule has 0 saturated carbocycles. The molecule has 172 valence electrons. The van der Waals surface area contributed by atoms with E-state index in [9.17, 15) is 4.79 Å². The summed E-state index contributed by atoms with van der Waals surface area (Å²) in [6.45, 7) is 0. The van der Waals surface area contributed by atoms with Crippen LogP contribution < -0.4 is 20.1 Å². The minimum atomic E-state index is -0.167. The van der Waals surface area contributed by atoms with Crippen molar-refractivity contribution in [1.29, 1.82) is 0 Å². The first-order chi connectivity index (χ1) is 17.2. The predicted octanol–water partition coefficient (Wildman–Crippen LogP) is 6.43. The van der Waals surface area contributed by atoms with Crippen molar-refractivity contribution in [3.8, 4) is 17.4 Å². The Hall–Kier alpha value is -4.91. The van der Waals surface area contributed by atoms with Crippen LogP contribution in [0.1, 0.15) is 10.4 Å². The standard InChI is InChI=1S/C28H22N4O3/c1-34-22-11-6-10-21(18-22)31-28-29-16-15-26(32-28)35-23-13-14-24-19(17-23)7-5-12-25(24)27(33)30-20-8-3-2-4-9-20/h2-18H,1H3,(H,30,33)(H,29,31,32). The van der Waals surface area contributed by atoms with Crippen molar-refractivity contribution >= 4 is 34.0 Å². The number of carbonyl (C=O) groups excluding carboxylic acids is 1. The molecule has 35 heavy (non-hydrogen) atoms. The number of ether oxygens (including phenoxy) is 2. The van der Waals surface area contributed by atoms with E-state index >= 15 is 0 Å². The molecule has 7 heteroatoms. The lowest BCUT2D eigenvalue weighted by Gasteiger charge is -2.11. The number of hydrogen-bond acceptors (Lipinski definition) is 6. The largest absolute Gasteiger partial charge is 0.497 e. The normalized spacial score (nSPS) is 10.5. The number of rotatable bonds is 7. The summed E-state index contributed by atoms with van der Waals surface area (Å²) in [7, 11) is 1.62. The molecule has 7 nitrogen and oxygen atoms in total. The minimum absolute atomic E-state index is 0.167. The van der Waals surface area contributed by atoms with Crippen LogP contribution in [0, 0.1) is 0 Å². The molecule has 4 aromatic carbocycles. The monoisotopic (exact) mass is 462 g/mol. The SMILES string of the molecule is COc1cccc(Nc2nccc(Oc3ccc4c(C(=O)Nc5ccccc5)cccc4c3)n2)c1. The molecule has 5 aromatic rings. The fraction of sp³-hybridized carbons (Fsp3) is 0.0357. The van der Waals surface area contributed by atoms with Crippen LogP contribution in [-0.4, -0.2) is 23.0 Å². The van der Waals surface area contributed by atoms with E-state index in [1.165, 1.54) is 0 Å². The summed E-state index contributed by atoms with van der Waals surface area (Å²) in [5, 5.41) is 7.80. The van der Waals surface area contributed by atoms with E-state index in [-0.39, 0.29) is 5.91 Å². The number of fused-ring (bicyclic) bond motifs is 1. The molecule has 0 spiro atoms. The first-order valence-corrected chi connectivity index (χ1v) is 11.0. The first-order valence-electron chi connectivity index (χ1n) is 11.0. The van der Waals surface area contributed by atoms with Crippen LogP contribution in [0.5, 0.6) is 17.4 Å². The van der Waals surface area contributed by atoms with Crippen LogP contribution in [0.25, 0.3) is 10.8 Å². The van der Waals surface area contributed by atoms with Crippen molar-refractivity contribution in [3.63, 3.8) is 0 Å². The van der Waals surface area contributed by atoms with Gasteiger partial charge in [0.1, 0.15) is 11.5 Å². The molecule has 0 aliphatic carbocycles. The molecule has 1 aromatic heterocycles. The minimum Gasteiger partial charge on any atom is -0.497 e. The Balaban J connectivity index is 1.34. The maximum atomic E-state index is 12.9. The number of hydrogen-bond donors (Lipinski definition) is 2. The van der Waals surface area contributed by atoms with Crippen molar-refractivity contribution in [2.75, 3.05) is 17.7 Å². The van der Waals surface area contributed by atoms with E-state index < -0.39 is 0 Å². The number of amides is 1. The molecule has 2 N–H and O–H groups in total. The number of anilines is 3. The zero-order valence-electron chi connectivity index (χ0n) is 18.9. The molecule has 0 saturated heterocycles. The fourth-order valence-electron chi connectivity index (χ4n) is 3.65. The highest BCUT2D eigenvalue weighted by Crippen LogP contribution is 2.28. The summed E-state index contributed by atoms with van der Waals surface area (Å²) in [6.07, 6.45) is 1.62. The summed E-state index contributed by atoms with van der Waals surface area (Å²) in [6, 6.07) is 29.7. The summed E-state index contributed by atoms with van der Waals surface area (Å²) in [5.74, 6) is 1.96. The molecule has 1 heterocycles. The van der Waals surface area contributed by atoms with Gasteiger partial charge in [-0.3, -0.25) is 4.79 Å². The molecular weight excluding hydrogens is 440 g/mol. The molecule has 1 amide bonds. The average molecular weight is 463 g/mol. The van der Waals surface area contributed by atoms with E-state index in [1.54, 1.807) is 19.4 Å². The summed E-state index contributed by atoms with van der Waals surface area (Å²) < 4.78 is 11.2.